The number of anilines is 1. The number of hydrogen-bond donors (Lipinski definition) is 1. The van der Waals surface area contributed by atoms with Gasteiger partial charge < -0.3 is 5.32 Å². The van der Waals surface area contributed by atoms with Gasteiger partial charge in [0.2, 0.25) is 5.91 Å². The summed E-state index contributed by atoms with van der Waals surface area (Å²) < 4.78 is 13.3. The number of amides is 1. The van der Waals surface area contributed by atoms with Crippen LogP contribution in [-0.4, -0.2) is 11.7 Å². The molecule has 0 radical (unpaired) electrons. The first-order chi connectivity index (χ1) is 7.20. The molecule has 1 amide bonds. The van der Waals surface area contributed by atoms with Gasteiger partial charge in [-0.1, -0.05) is 5.92 Å². The minimum absolute atomic E-state index is 0.0594. The van der Waals surface area contributed by atoms with E-state index < -0.39 is 5.82 Å². The summed E-state index contributed by atoms with van der Waals surface area (Å²) in [5, 5.41) is 2.70. The molecule has 0 bridgehead atoms. The van der Waals surface area contributed by atoms with E-state index in [0.29, 0.717) is 17.9 Å². The molecule has 0 aliphatic carbocycles. The zero-order valence-corrected chi connectivity index (χ0v) is 8.66. The van der Waals surface area contributed by atoms with Gasteiger partial charge in [0.15, 0.2) is 0 Å². The molecule has 15 heavy (non-hydrogen) atoms. The van der Waals surface area contributed by atoms with Crippen LogP contribution in [0.1, 0.15) is 12.0 Å². The van der Waals surface area contributed by atoms with Crippen molar-refractivity contribution in [1.29, 1.82) is 0 Å². The molecular formula is C11H8FNOS. The van der Waals surface area contributed by atoms with E-state index in [1.807, 2.05) is 0 Å². The van der Waals surface area contributed by atoms with Gasteiger partial charge in [0, 0.05) is 17.1 Å². The van der Waals surface area contributed by atoms with Gasteiger partial charge >= 0.3 is 0 Å². The van der Waals surface area contributed by atoms with Gasteiger partial charge in [-0.05, 0) is 12.1 Å². The fourth-order valence-electron chi connectivity index (χ4n) is 1.35. The quantitative estimate of drug-likeness (QED) is 0.681. The standard InChI is InChI=1S/C11H8FNOS/c1-2-7-5-9-10(6-8(7)12)15-4-3-11(14)13-9/h1,5-6H,3-4H2,(H,13,14). The third kappa shape index (κ3) is 1.97. The largest absolute Gasteiger partial charge is 0.325 e. The Hall–Kier alpha value is -1.47. The normalized spacial score (nSPS) is 14.8. The molecule has 1 aliphatic heterocycles. The van der Waals surface area contributed by atoms with E-state index in [2.05, 4.69) is 11.2 Å². The second-order valence-electron chi connectivity index (χ2n) is 3.12. The van der Waals surface area contributed by atoms with Gasteiger partial charge in [-0.25, -0.2) is 4.39 Å². The Kier molecular flexibility index (Phi) is 2.65. The highest BCUT2D eigenvalue weighted by molar-refractivity contribution is 7.99. The summed E-state index contributed by atoms with van der Waals surface area (Å²) in [7, 11) is 0. The van der Waals surface area contributed by atoms with E-state index >= 15 is 0 Å². The van der Waals surface area contributed by atoms with Crippen LogP contribution < -0.4 is 5.32 Å². The van der Waals surface area contributed by atoms with Crippen LogP contribution in [0.5, 0.6) is 0 Å². The Morgan fingerprint density at radius 1 is 1.53 bits per heavy atom. The van der Waals surface area contributed by atoms with E-state index in [1.165, 1.54) is 23.9 Å². The van der Waals surface area contributed by atoms with Crippen molar-refractivity contribution in [1.82, 2.24) is 0 Å². The summed E-state index contributed by atoms with van der Waals surface area (Å²) in [5.74, 6) is 2.43. The highest BCUT2D eigenvalue weighted by atomic mass is 32.2. The second kappa shape index (κ2) is 3.95. The maximum Gasteiger partial charge on any atom is 0.225 e. The lowest BCUT2D eigenvalue weighted by Crippen LogP contribution is -2.10. The van der Waals surface area contributed by atoms with Crippen molar-refractivity contribution < 1.29 is 9.18 Å². The monoisotopic (exact) mass is 221 g/mol. The van der Waals surface area contributed by atoms with Crippen molar-refractivity contribution in [3.05, 3.63) is 23.5 Å². The van der Waals surface area contributed by atoms with Crippen LogP contribution in [0.2, 0.25) is 0 Å². The Morgan fingerprint density at radius 2 is 2.33 bits per heavy atom. The van der Waals surface area contributed by atoms with E-state index in [-0.39, 0.29) is 11.5 Å². The molecule has 0 aromatic heterocycles. The summed E-state index contributed by atoms with van der Waals surface area (Å²) in [6.45, 7) is 0. The first-order valence-electron chi connectivity index (χ1n) is 4.43. The first kappa shape index (κ1) is 10.1. The van der Waals surface area contributed by atoms with Crippen molar-refractivity contribution in [2.75, 3.05) is 11.1 Å². The van der Waals surface area contributed by atoms with Gasteiger partial charge in [0.05, 0.1) is 11.3 Å². The minimum Gasteiger partial charge on any atom is -0.325 e. The fourth-order valence-corrected chi connectivity index (χ4v) is 2.31. The van der Waals surface area contributed by atoms with Crippen LogP contribution in [-0.2, 0) is 4.79 Å². The van der Waals surface area contributed by atoms with E-state index in [9.17, 15) is 9.18 Å². The van der Waals surface area contributed by atoms with Crippen molar-refractivity contribution in [2.24, 2.45) is 0 Å². The number of thioether (sulfide) groups is 1. The third-order valence-corrected chi connectivity index (χ3v) is 3.14. The molecule has 4 heteroatoms. The molecule has 76 valence electrons. The summed E-state index contributed by atoms with van der Waals surface area (Å²) in [5.41, 5.74) is 0.786. The number of terminal acetylenes is 1. The average molecular weight is 221 g/mol. The molecule has 2 nitrogen and oxygen atoms in total. The highest BCUT2D eigenvalue weighted by Gasteiger charge is 2.15. The second-order valence-corrected chi connectivity index (χ2v) is 4.26. The molecule has 0 fully saturated rings. The van der Waals surface area contributed by atoms with Crippen molar-refractivity contribution in [2.45, 2.75) is 11.3 Å². The van der Waals surface area contributed by atoms with E-state index in [1.54, 1.807) is 0 Å². The molecular weight excluding hydrogens is 213 g/mol. The average Bonchev–Trinajstić information content (AvgIpc) is 2.37. The lowest BCUT2D eigenvalue weighted by atomic mass is 10.2. The van der Waals surface area contributed by atoms with Crippen molar-refractivity contribution >= 4 is 23.4 Å². The number of nitrogens with one attached hydrogen (secondary N) is 1. The SMILES string of the molecule is C#Cc1cc2c(cc1F)SCCC(=O)N2. The molecule has 1 heterocycles. The minimum atomic E-state index is -0.417. The number of carbonyl (C=O) groups is 1. The predicted octanol–water partition coefficient (Wildman–Crippen LogP) is 2.24. The molecule has 0 saturated heterocycles. The van der Waals surface area contributed by atoms with Crippen LogP contribution in [0, 0.1) is 18.2 Å². The molecule has 1 aliphatic rings. The number of fused-ring (bicyclic) bond motifs is 1. The molecule has 0 spiro atoms. The molecule has 0 saturated carbocycles. The zero-order chi connectivity index (χ0) is 10.8. The first-order valence-corrected chi connectivity index (χ1v) is 5.42. The lowest BCUT2D eigenvalue weighted by molar-refractivity contribution is -0.115. The third-order valence-electron chi connectivity index (χ3n) is 2.09. The molecule has 2 rings (SSSR count). The summed E-state index contributed by atoms with van der Waals surface area (Å²) in [4.78, 5) is 12.0. The Labute approximate surface area is 91.2 Å². The van der Waals surface area contributed by atoms with Gasteiger partial charge in [-0.15, -0.1) is 18.2 Å². The van der Waals surface area contributed by atoms with E-state index in [4.69, 9.17) is 6.42 Å². The topological polar surface area (TPSA) is 29.1 Å². The van der Waals surface area contributed by atoms with Crippen molar-refractivity contribution in [3.8, 4) is 12.3 Å². The van der Waals surface area contributed by atoms with Gasteiger partial charge in [0.1, 0.15) is 5.82 Å². The number of carbonyl (C=O) groups excluding carboxylic acids is 1. The van der Waals surface area contributed by atoms with Crippen LogP contribution in [0.3, 0.4) is 0 Å². The van der Waals surface area contributed by atoms with Gasteiger partial charge in [-0.3, -0.25) is 4.79 Å². The highest BCUT2D eigenvalue weighted by Crippen LogP contribution is 2.32. The summed E-state index contributed by atoms with van der Waals surface area (Å²) in [6.07, 6.45) is 5.58. The van der Waals surface area contributed by atoms with Gasteiger partial charge in [-0.2, -0.15) is 0 Å². The smallest absolute Gasteiger partial charge is 0.225 e. The number of hydrogen-bond acceptors (Lipinski definition) is 2. The van der Waals surface area contributed by atoms with Crippen LogP contribution in [0.15, 0.2) is 17.0 Å². The van der Waals surface area contributed by atoms with Crippen molar-refractivity contribution in [3.63, 3.8) is 0 Å². The summed E-state index contributed by atoms with van der Waals surface area (Å²) in [6, 6.07) is 2.88. The van der Waals surface area contributed by atoms with E-state index in [0.717, 1.165) is 4.90 Å². The number of halogens is 1. The molecule has 0 unspecified atom stereocenters. The van der Waals surface area contributed by atoms with Crippen LogP contribution in [0.25, 0.3) is 0 Å². The predicted molar refractivity (Wildman–Crippen MR) is 58.3 cm³/mol. The van der Waals surface area contributed by atoms with Crippen LogP contribution >= 0.6 is 11.8 Å². The summed E-state index contributed by atoms with van der Waals surface area (Å²) >= 11 is 1.45. The Bertz CT molecular complexity index is 464. The maximum atomic E-state index is 13.3. The fraction of sp³-hybridized carbons (Fsp3) is 0.182. The number of rotatable bonds is 0. The zero-order valence-electron chi connectivity index (χ0n) is 7.84. The van der Waals surface area contributed by atoms with Gasteiger partial charge in [0.25, 0.3) is 0 Å². The molecule has 1 aromatic carbocycles. The number of benzene rings is 1. The maximum absolute atomic E-state index is 13.3. The molecule has 1 N–H and O–H groups in total. The lowest BCUT2D eigenvalue weighted by Gasteiger charge is -2.07. The Morgan fingerprint density at radius 3 is 3.07 bits per heavy atom. The van der Waals surface area contributed by atoms with Crippen LogP contribution in [0.4, 0.5) is 10.1 Å². The molecule has 0 atom stereocenters. The molecule has 1 aromatic rings. The Balaban J connectivity index is 2.50.